The Balaban J connectivity index is 2.31. The third-order valence-corrected chi connectivity index (χ3v) is 5.80. The molecule has 0 unspecified atom stereocenters. The SMILES string of the molecule is CCn1c(C)c(-c2ccc(F)c(OCC(F)(F)F)c2)c(=O)c(C(=O)O)c1-c1ccc(Cl)c(Cl)c1. The molecule has 0 radical (unpaired) electrons. The number of rotatable bonds is 6. The highest BCUT2D eigenvalue weighted by atomic mass is 35.5. The lowest BCUT2D eigenvalue weighted by atomic mass is 9.96. The van der Waals surface area contributed by atoms with Crippen LogP contribution in [-0.2, 0) is 6.54 Å². The Morgan fingerprint density at radius 2 is 1.74 bits per heavy atom. The molecule has 1 aromatic heterocycles. The zero-order valence-electron chi connectivity index (χ0n) is 17.8. The molecule has 0 fully saturated rings. The zero-order chi connectivity index (χ0) is 25.4. The molecular weight excluding hydrogens is 501 g/mol. The molecule has 0 amide bonds. The molecular formula is C23H17Cl2F4NO4. The van der Waals surface area contributed by atoms with Crippen molar-refractivity contribution in [2.75, 3.05) is 6.61 Å². The molecule has 11 heteroatoms. The number of nitrogens with zero attached hydrogens (tertiary/aromatic N) is 1. The maximum absolute atomic E-state index is 14.1. The van der Waals surface area contributed by atoms with Crippen molar-refractivity contribution in [2.45, 2.75) is 26.6 Å². The lowest BCUT2D eigenvalue weighted by molar-refractivity contribution is -0.153. The van der Waals surface area contributed by atoms with Gasteiger partial charge >= 0.3 is 12.1 Å². The number of benzene rings is 2. The summed E-state index contributed by atoms with van der Waals surface area (Å²) in [5.41, 5.74) is -0.866. The van der Waals surface area contributed by atoms with Gasteiger partial charge < -0.3 is 14.4 Å². The van der Waals surface area contributed by atoms with Gasteiger partial charge in [0, 0.05) is 23.4 Å². The van der Waals surface area contributed by atoms with E-state index in [9.17, 15) is 32.3 Å². The van der Waals surface area contributed by atoms with Crippen molar-refractivity contribution >= 4 is 29.2 Å². The molecule has 3 rings (SSSR count). The van der Waals surface area contributed by atoms with E-state index in [2.05, 4.69) is 4.74 Å². The van der Waals surface area contributed by atoms with E-state index < -0.39 is 41.3 Å². The molecule has 0 aliphatic rings. The van der Waals surface area contributed by atoms with Gasteiger partial charge in [0.15, 0.2) is 18.2 Å². The predicted octanol–water partition coefficient (Wildman–Crippen LogP) is 6.60. The minimum atomic E-state index is -4.70. The van der Waals surface area contributed by atoms with Crippen LogP contribution in [0.4, 0.5) is 17.6 Å². The number of ether oxygens (including phenoxy) is 1. The van der Waals surface area contributed by atoms with Crippen molar-refractivity contribution in [1.82, 2.24) is 4.57 Å². The molecule has 0 aliphatic carbocycles. The van der Waals surface area contributed by atoms with Crippen molar-refractivity contribution in [2.24, 2.45) is 0 Å². The van der Waals surface area contributed by atoms with Crippen LogP contribution in [0.25, 0.3) is 22.4 Å². The highest BCUT2D eigenvalue weighted by Gasteiger charge is 2.30. The van der Waals surface area contributed by atoms with Crippen LogP contribution in [0.15, 0.2) is 41.2 Å². The van der Waals surface area contributed by atoms with Crippen LogP contribution in [0.1, 0.15) is 23.0 Å². The van der Waals surface area contributed by atoms with Crippen LogP contribution in [0.5, 0.6) is 5.75 Å². The lowest BCUT2D eigenvalue weighted by Gasteiger charge is -2.21. The number of aromatic carboxylic acids is 1. The average molecular weight is 518 g/mol. The van der Waals surface area contributed by atoms with Crippen LogP contribution < -0.4 is 10.2 Å². The second-order valence-electron chi connectivity index (χ2n) is 7.24. The Labute approximate surface area is 201 Å². The molecule has 0 saturated heterocycles. The number of pyridine rings is 1. The first-order chi connectivity index (χ1) is 15.9. The Kier molecular flexibility index (Phi) is 7.28. The van der Waals surface area contributed by atoms with E-state index in [0.717, 1.165) is 12.1 Å². The summed E-state index contributed by atoms with van der Waals surface area (Å²) in [6.07, 6.45) is -4.70. The molecule has 1 N–H and O–H groups in total. The van der Waals surface area contributed by atoms with Gasteiger partial charge in [0.05, 0.1) is 15.7 Å². The smallest absolute Gasteiger partial charge is 0.422 e. The van der Waals surface area contributed by atoms with Crippen molar-refractivity contribution < 1.29 is 32.2 Å². The van der Waals surface area contributed by atoms with E-state index in [-0.39, 0.29) is 33.4 Å². The number of carboxylic acid groups (broad SMARTS) is 1. The molecule has 0 atom stereocenters. The van der Waals surface area contributed by atoms with Crippen LogP contribution >= 0.6 is 23.2 Å². The lowest BCUT2D eigenvalue weighted by Crippen LogP contribution is -2.25. The molecule has 0 bridgehead atoms. The zero-order valence-corrected chi connectivity index (χ0v) is 19.3. The largest absolute Gasteiger partial charge is 0.481 e. The van der Waals surface area contributed by atoms with Crippen LogP contribution in [0.3, 0.4) is 0 Å². The molecule has 0 saturated carbocycles. The number of carboxylic acids is 1. The number of aromatic nitrogens is 1. The minimum Gasteiger partial charge on any atom is -0.481 e. The van der Waals surface area contributed by atoms with E-state index in [4.69, 9.17) is 23.2 Å². The first-order valence-electron chi connectivity index (χ1n) is 9.81. The molecule has 3 aromatic rings. The third-order valence-electron chi connectivity index (χ3n) is 5.06. The molecule has 0 spiro atoms. The quantitative estimate of drug-likeness (QED) is 0.374. The Morgan fingerprint density at radius 3 is 2.29 bits per heavy atom. The summed E-state index contributed by atoms with van der Waals surface area (Å²) < 4.78 is 57.8. The van der Waals surface area contributed by atoms with E-state index in [1.165, 1.54) is 24.3 Å². The highest BCUT2D eigenvalue weighted by Crippen LogP contribution is 2.34. The monoisotopic (exact) mass is 517 g/mol. The Morgan fingerprint density at radius 1 is 1.09 bits per heavy atom. The summed E-state index contributed by atoms with van der Waals surface area (Å²) in [4.78, 5) is 25.6. The standard InChI is InChI=1S/C23H17Cl2F4NO4/c1-3-30-11(2)18(12-5-7-16(26)17(9-12)34-10-23(27,28)29)21(31)19(22(32)33)20(30)13-4-6-14(24)15(25)8-13/h4-9H,3,10H2,1-2H3,(H,32,33). The normalized spacial score (nSPS) is 11.5. The first-order valence-corrected chi connectivity index (χ1v) is 10.6. The van der Waals surface area contributed by atoms with E-state index >= 15 is 0 Å². The summed E-state index contributed by atoms with van der Waals surface area (Å²) in [6.45, 7) is 1.76. The van der Waals surface area contributed by atoms with E-state index in [1.54, 1.807) is 18.4 Å². The fourth-order valence-electron chi connectivity index (χ4n) is 3.64. The van der Waals surface area contributed by atoms with Gasteiger partial charge in [0.1, 0.15) is 5.56 Å². The van der Waals surface area contributed by atoms with Gasteiger partial charge in [-0.2, -0.15) is 13.2 Å². The van der Waals surface area contributed by atoms with Gasteiger partial charge in [0.2, 0.25) is 5.43 Å². The summed E-state index contributed by atoms with van der Waals surface area (Å²) >= 11 is 12.1. The second-order valence-corrected chi connectivity index (χ2v) is 8.05. The fraction of sp³-hybridized carbons (Fsp3) is 0.217. The maximum Gasteiger partial charge on any atom is 0.422 e. The number of hydrogen-bond donors (Lipinski definition) is 1. The molecule has 2 aromatic carbocycles. The van der Waals surface area contributed by atoms with Crippen molar-refractivity contribution in [3.05, 3.63) is 73.7 Å². The van der Waals surface area contributed by atoms with Gasteiger partial charge in [-0.3, -0.25) is 4.79 Å². The molecule has 0 aliphatic heterocycles. The number of hydrogen-bond acceptors (Lipinski definition) is 3. The third kappa shape index (κ3) is 5.05. The van der Waals surface area contributed by atoms with Gasteiger partial charge in [-0.05, 0) is 43.7 Å². The van der Waals surface area contributed by atoms with Gasteiger partial charge in [0.25, 0.3) is 0 Å². The fourth-order valence-corrected chi connectivity index (χ4v) is 3.94. The average Bonchev–Trinajstić information content (AvgIpc) is 2.74. The van der Waals surface area contributed by atoms with Gasteiger partial charge in [-0.1, -0.05) is 35.3 Å². The summed E-state index contributed by atoms with van der Waals surface area (Å²) in [5.74, 6) is -3.31. The Hall–Kier alpha value is -3.04. The Bertz CT molecular complexity index is 1340. The van der Waals surface area contributed by atoms with Crippen molar-refractivity contribution in [3.63, 3.8) is 0 Å². The molecule has 1 heterocycles. The summed E-state index contributed by atoms with van der Waals surface area (Å²) in [5, 5.41) is 10.3. The topological polar surface area (TPSA) is 68.5 Å². The minimum absolute atomic E-state index is 0.00598. The van der Waals surface area contributed by atoms with E-state index in [0.29, 0.717) is 11.3 Å². The molecule has 5 nitrogen and oxygen atoms in total. The second kappa shape index (κ2) is 9.68. The number of halogens is 6. The van der Waals surface area contributed by atoms with E-state index in [1.807, 2.05) is 0 Å². The van der Waals surface area contributed by atoms with Crippen LogP contribution in [0.2, 0.25) is 10.0 Å². The predicted molar refractivity (Wildman–Crippen MR) is 120 cm³/mol. The number of carbonyl (C=O) groups is 1. The maximum atomic E-state index is 14.1. The van der Waals surface area contributed by atoms with Crippen LogP contribution in [0, 0.1) is 12.7 Å². The van der Waals surface area contributed by atoms with Crippen molar-refractivity contribution in [1.29, 1.82) is 0 Å². The molecule has 180 valence electrons. The summed E-state index contributed by atoms with van der Waals surface area (Å²) in [7, 11) is 0. The van der Waals surface area contributed by atoms with Gasteiger partial charge in [-0.25, -0.2) is 9.18 Å². The summed E-state index contributed by atoms with van der Waals surface area (Å²) in [6, 6.07) is 7.37. The van der Waals surface area contributed by atoms with Crippen LogP contribution in [-0.4, -0.2) is 28.4 Å². The first kappa shape index (κ1) is 25.6. The van der Waals surface area contributed by atoms with Gasteiger partial charge in [-0.15, -0.1) is 0 Å². The van der Waals surface area contributed by atoms with Crippen molar-refractivity contribution in [3.8, 4) is 28.1 Å². The molecule has 34 heavy (non-hydrogen) atoms. The number of alkyl halides is 3. The highest BCUT2D eigenvalue weighted by molar-refractivity contribution is 6.42.